The highest BCUT2D eigenvalue weighted by atomic mass is 32.2. The fourth-order valence-electron chi connectivity index (χ4n) is 1.60. The van der Waals surface area contributed by atoms with Crippen molar-refractivity contribution in [1.82, 2.24) is 14.8 Å². The van der Waals surface area contributed by atoms with Crippen LogP contribution in [-0.2, 0) is 21.4 Å². The van der Waals surface area contributed by atoms with Gasteiger partial charge in [0.15, 0.2) is 0 Å². The Balaban J connectivity index is 2.12. The maximum Gasteiger partial charge on any atom is 0.246 e. The molecule has 106 valence electrons. The molecule has 2 aromatic rings. The fourth-order valence-corrected chi connectivity index (χ4v) is 2.20. The highest BCUT2D eigenvalue weighted by molar-refractivity contribution is 7.89. The first-order valence-corrected chi connectivity index (χ1v) is 7.16. The van der Waals surface area contributed by atoms with Crippen LogP contribution < -0.4 is 10.5 Å². The molecule has 20 heavy (non-hydrogen) atoms. The molecule has 1 amide bonds. The molecule has 0 aliphatic carbocycles. The number of primary sulfonamides is 1. The van der Waals surface area contributed by atoms with Crippen molar-refractivity contribution in [2.24, 2.45) is 5.14 Å². The number of nitrogens with zero attached hydrogens (tertiary/aromatic N) is 3. The second kappa shape index (κ2) is 5.39. The van der Waals surface area contributed by atoms with Crippen LogP contribution in [0.2, 0.25) is 0 Å². The van der Waals surface area contributed by atoms with Gasteiger partial charge in [0.05, 0.1) is 4.90 Å². The average Bonchev–Trinajstić information content (AvgIpc) is 2.83. The number of anilines is 1. The highest BCUT2D eigenvalue weighted by Crippen LogP contribution is 2.18. The number of nitrogens with two attached hydrogens (primary N) is 1. The number of rotatable bonds is 4. The van der Waals surface area contributed by atoms with E-state index in [0.717, 1.165) is 0 Å². The van der Waals surface area contributed by atoms with E-state index in [-0.39, 0.29) is 17.3 Å². The van der Waals surface area contributed by atoms with Gasteiger partial charge in [0.25, 0.3) is 0 Å². The molecular formula is C11H13N5O3S. The largest absolute Gasteiger partial charge is 0.324 e. The Labute approximate surface area is 115 Å². The summed E-state index contributed by atoms with van der Waals surface area (Å²) in [6.07, 6.45) is 2.76. The molecule has 2 rings (SSSR count). The molecule has 0 aliphatic rings. The minimum Gasteiger partial charge on any atom is -0.324 e. The number of aromatic nitrogens is 3. The van der Waals surface area contributed by atoms with Gasteiger partial charge in [-0.05, 0) is 30.7 Å². The molecular weight excluding hydrogens is 282 g/mol. The molecule has 8 nitrogen and oxygen atoms in total. The minimum absolute atomic E-state index is 0.00396. The van der Waals surface area contributed by atoms with Gasteiger partial charge in [0.1, 0.15) is 19.2 Å². The van der Waals surface area contributed by atoms with Crippen LogP contribution in [0.4, 0.5) is 5.69 Å². The van der Waals surface area contributed by atoms with Gasteiger partial charge in [0.2, 0.25) is 15.9 Å². The van der Waals surface area contributed by atoms with Crippen LogP contribution in [0, 0.1) is 6.92 Å². The molecule has 0 radical (unpaired) electrons. The van der Waals surface area contributed by atoms with E-state index in [1.165, 1.54) is 35.5 Å². The summed E-state index contributed by atoms with van der Waals surface area (Å²) in [5, 5.41) is 11.5. The van der Waals surface area contributed by atoms with Crippen molar-refractivity contribution in [2.45, 2.75) is 18.4 Å². The van der Waals surface area contributed by atoms with E-state index < -0.39 is 10.0 Å². The summed E-state index contributed by atoms with van der Waals surface area (Å²) in [6, 6.07) is 4.24. The lowest BCUT2D eigenvalue weighted by Gasteiger charge is -2.09. The zero-order valence-corrected chi connectivity index (χ0v) is 11.5. The van der Waals surface area contributed by atoms with Gasteiger partial charge < -0.3 is 5.32 Å². The molecule has 0 saturated heterocycles. The van der Waals surface area contributed by atoms with Gasteiger partial charge >= 0.3 is 0 Å². The van der Waals surface area contributed by atoms with Gasteiger partial charge in [-0.2, -0.15) is 5.10 Å². The Morgan fingerprint density at radius 2 is 2.20 bits per heavy atom. The number of hydrogen-bond donors (Lipinski definition) is 2. The quantitative estimate of drug-likeness (QED) is 0.814. The van der Waals surface area contributed by atoms with Crippen LogP contribution in [-0.4, -0.2) is 29.1 Å². The molecule has 0 aliphatic heterocycles. The van der Waals surface area contributed by atoms with Crippen LogP contribution in [0.15, 0.2) is 35.7 Å². The summed E-state index contributed by atoms with van der Waals surface area (Å²) >= 11 is 0. The predicted molar refractivity (Wildman–Crippen MR) is 71.2 cm³/mol. The number of aryl methyl sites for hydroxylation is 1. The molecule has 0 atom stereocenters. The number of carbonyl (C=O) groups is 1. The second-order valence-electron chi connectivity index (χ2n) is 4.16. The minimum atomic E-state index is -3.75. The number of carbonyl (C=O) groups excluding carboxylic acids is 1. The lowest BCUT2D eigenvalue weighted by Crippen LogP contribution is -2.20. The first-order chi connectivity index (χ1) is 9.36. The summed E-state index contributed by atoms with van der Waals surface area (Å²) in [5.74, 6) is -0.290. The molecule has 9 heteroatoms. The van der Waals surface area contributed by atoms with Crippen LogP contribution in [0.1, 0.15) is 5.56 Å². The molecule has 1 aromatic heterocycles. The van der Waals surface area contributed by atoms with E-state index in [1.807, 2.05) is 0 Å². The molecule has 0 unspecified atom stereocenters. The van der Waals surface area contributed by atoms with Crippen molar-refractivity contribution in [2.75, 3.05) is 5.32 Å². The van der Waals surface area contributed by atoms with Gasteiger partial charge in [-0.15, -0.1) is 0 Å². The van der Waals surface area contributed by atoms with Crippen molar-refractivity contribution in [1.29, 1.82) is 0 Å². The number of sulfonamides is 1. The zero-order chi connectivity index (χ0) is 14.8. The average molecular weight is 295 g/mol. The molecule has 0 fully saturated rings. The first-order valence-electron chi connectivity index (χ1n) is 5.62. The van der Waals surface area contributed by atoms with Gasteiger partial charge in [-0.1, -0.05) is 0 Å². The molecule has 0 bridgehead atoms. The third-order valence-electron chi connectivity index (χ3n) is 2.57. The third-order valence-corrected chi connectivity index (χ3v) is 3.48. The van der Waals surface area contributed by atoms with E-state index >= 15 is 0 Å². The molecule has 0 spiro atoms. The fraction of sp³-hybridized carbons (Fsp3) is 0.182. The highest BCUT2D eigenvalue weighted by Gasteiger charge is 2.11. The van der Waals surface area contributed by atoms with Crippen molar-refractivity contribution in [3.8, 4) is 0 Å². The monoisotopic (exact) mass is 295 g/mol. The molecule has 1 aromatic carbocycles. The first kappa shape index (κ1) is 14.2. The molecule has 1 heterocycles. The summed E-state index contributed by atoms with van der Waals surface area (Å²) in [4.78, 5) is 15.5. The van der Waals surface area contributed by atoms with Crippen molar-refractivity contribution in [3.63, 3.8) is 0 Å². The van der Waals surface area contributed by atoms with Crippen molar-refractivity contribution >= 4 is 21.6 Å². The summed E-state index contributed by atoms with van der Waals surface area (Å²) < 4.78 is 23.8. The molecule has 0 saturated carbocycles. The van der Waals surface area contributed by atoms with Crippen LogP contribution >= 0.6 is 0 Å². The Morgan fingerprint density at radius 1 is 1.45 bits per heavy atom. The predicted octanol–water partition coefficient (Wildman–Crippen LogP) is -0.127. The topological polar surface area (TPSA) is 120 Å². The van der Waals surface area contributed by atoms with E-state index in [1.54, 1.807) is 6.92 Å². The number of amides is 1. The maximum atomic E-state index is 11.8. The Hall–Kier alpha value is -2.26. The maximum absolute atomic E-state index is 11.8. The zero-order valence-electron chi connectivity index (χ0n) is 10.6. The standard InChI is InChI=1S/C11H13N5O3S/c1-8-4-9(20(12,18)19)2-3-10(8)15-11(17)5-16-7-13-6-14-16/h2-4,6-7H,5H2,1H3,(H,15,17)(H2,12,18,19). The lowest BCUT2D eigenvalue weighted by molar-refractivity contribution is -0.116. The molecule has 3 N–H and O–H groups in total. The van der Waals surface area contributed by atoms with Gasteiger partial charge in [-0.3, -0.25) is 4.79 Å². The Morgan fingerprint density at radius 3 is 2.75 bits per heavy atom. The van der Waals surface area contributed by atoms with Crippen LogP contribution in [0.25, 0.3) is 0 Å². The van der Waals surface area contributed by atoms with Crippen LogP contribution in [0.5, 0.6) is 0 Å². The van der Waals surface area contributed by atoms with Crippen molar-refractivity contribution in [3.05, 3.63) is 36.4 Å². The second-order valence-corrected chi connectivity index (χ2v) is 5.72. The lowest BCUT2D eigenvalue weighted by atomic mass is 10.2. The van der Waals surface area contributed by atoms with E-state index in [2.05, 4.69) is 15.4 Å². The van der Waals surface area contributed by atoms with Gasteiger partial charge in [0, 0.05) is 5.69 Å². The van der Waals surface area contributed by atoms with Crippen molar-refractivity contribution < 1.29 is 13.2 Å². The SMILES string of the molecule is Cc1cc(S(N)(=O)=O)ccc1NC(=O)Cn1cncn1. The number of hydrogen-bond acceptors (Lipinski definition) is 5. The summed E-state index contributed by atoms with van der Waals surface area (Å²) in [6.45, 7) is 1.70. The Kier molecular flexibility index (Phi) is 3.81. The third kappa shape index (κ3) is 3.39. The van der Waals surface area contributed by atoms with E-state index in [0.29, 0.717) is 11.3 Å². The van der Waals surface area contributed by atoms with Crippen LogP contribution in [0.3, 0.4) is 0 Å². The number of benzene rings is 1. The van der Waals surface area contributed by atoms with Gasteiger partial charge in [-0.25, -0.2) is 23.2 Å². The smallest absolute Gasteiger partial charge is 0.246 e. The number of nitrogens with one attached hydrogen (secondary N) is 1. The summed E-state index contributed by atoms with van der Waals surface area (Å²) in [7, 11) is -3.75. The van der Waals surface area contributed by atoms with E-state index in [9.17, 15) is 13.2 Å². The normalized spacial score (nSPS) is 11.3. The Bertz CT molecular complexity index is 725. The van der Waals surface area contributed by atoms with E-state index in [4.69, 9.17) is 5.14 Å². The summed E-state index contributed by atoms with van der Waals surface area (Å²) in [5.41, 5.74) is 1.12.